The van der Waals surface area contributed by atoms with Crippen molar-refractivity contribution in [2.24, 2.45) is 0 Å². The summed E-state index contributed by atoms with van der Waals surface area (Å²) in [5.74, 6) is -1.77. The molecule has 2 aromatic carbocycles. The average molecular weight is 339 g/mol. The predicted molar refractivity (Wildman–Crippen MR) is 90.8 cm³/mol. The van der Waals surface area contributed by atoms with Gasteiger partial charge < -0.3 is 10.2 Å². The summed E-state index contributed by atoms with van der Waals surface area (Å²) in [7, 11) is 0. The summed E-state index contributed by atoms with van der Waals surface area (Å²) in [6.45, 7) is 0.503. The number of benzene rings is 2. The third-order valence-electron chi connectivity index (χ3n) is 4.01. The zero-order valence-corrected chi connectivity index (χ0v) is 13.3. The first-order valence-corrected chi connectivity index (χ1v) is 7.82. The summed E-state index contributed by atoms with van der Waals surface area (Å²) in [5.41, 5.74) is 1.50. The molecule has 2 aromatic rings. The summed E-state index contributed by atoms with van der Waals surface area (Å²) >= 11 is 0. The second-order valence-corrected chi connectivity index (χ2v) is 5.63. The molecule has 0 bridgehead atoms. The van der Waals surface area contributed by atoms with Crippen molar-refractivity contribution in [1.82, 2.24) is 0 Å². The molecule has 1 aliphatic heterocycles. The molecule has 126 valence electrons. The first kappa shape index (κ1) is 16.7. The maximum absolute atomic E-state index is 13.6. The summed E-state index contributed by atoms with van der Waals surface area (Å²) in [6.07, 6.45) is 2.78. The van der Waals surface area contributed by atoms with Crippen LogP contribution in [0, 0.1) is 23.0 Å². The number of anilines is 2. The number of hydrogen-bond acceptors (Lipinski definition) is 3. The number of para-hydroxylation sites is 1. The highest BCUT2D eigenvalue weighted by Crippen LogP contribution is 2.28. The molecule has 0 unspecified atom stereocenters. The van der Waals surface area contributed by atoms with Crippen molar-refractivity contribution < 1.29 is 13.6 Å². The van der Waals surface area contributed by atoms with E-state index in [1.54, 1.807) is 0 Å². The van der Waals surface area contributed by atoms with Gasteiger partial charge in [-0.25, -0.2) is 8.78 Å². The Morgan fingerprint density at radius 3 is 2.84 bits per heavy atom. The van der Waals surface area contributed by atoms with Crippen LogP contribution in [0.4, 0.5) is 20.2 Å². The Bertz CT molecular complexity index is 886. The van der Waals surface area contributed by atoms with E-state index < -0.39 is 17.5 Å². The Kier molecular flexibility index (Phi) is 4.75. The van der Waals surface area contributed by atoms with Crippen LogP contribution in [0.2, 0.25) is 0 Å². The molecule has 1 N–H and O–H groups in total. The van der Waals surface area contributed by atoms with Crippen LogP contribution < -0.4 is 10.2 Å². The van der Waals surface area contributed by atoms with Crippen LogP contribution in [-0.4, -0.2) is 12.5 Å². The van der Waals surface area contributed by atoms with E-state index in [1.807, 2.05) is 30.3 Å². The molecule has 0 spiro atoms. The fourth-order valence-corrected chi connectivity index (χ4v) is 2.79. The van der Waals surface area contributed by atoms with Crippen LogP contribution in [0.15, 0.2) is 54.2 Å². The number of fused-ring (bicyclic) bond motifs is 1. The van der Waals surface area contributed by atoms with Gasteiger partial charge in [0.05, 0.1) is 5.69 Å². The van der Waals surface area contributed by atoms with Crippen LogP contribution in [-0.2, 0) is 11.2 Å². The molecular weight excluding hydrogens is 324 g/mol. The first-order valence-electron chi connectivity index (χ1n) is 7.82. The maximum Gasteiger partial charge on any atom is 0.270 e. The van der Waals surface area contributed by atoms with Gasteiger partial charge in [0, 0.05) is 24.5 Å². The lowest BCUT2D eigenvalue weighted by Crippen LogP contribution is -2.36. The van der Waals surface area contributed by atoms with Gasteiger partial charge in [0.25, 0.3) is 5.91 Å². The predicted octanol–water partition coefficient (Wildman–Crippen LogP) is 3.76. The molecule has 4 nitrogen and oxygen atoms in total. The number of carbonyl (C=O) groups excluding carboxylic acids is 1. The number of nitriles is 1. The van der Waals surface area contributed by atoms with Gasteiger partial charge in [-0.2, -0.15) is 5.26 Å². The van der Waals surface area contributed by atoms with Crippen molar-refractivity contribution >= 4 is 17.3 Å². The first-order chi connectivity index (χ1) is 12.1. The van der Waals surface area contributed by atoms with Gasteiger partial charge in [-0.1, -0.05) is 18.2 Å². The third-order valence-corrected chi connectivity index (χ3v) is 4.01. The highest BCUT2D eigenvalue weighted by atomic mass is 19.1. The largest absolute Gasteiger partial charge is 0.358 e. The Labute approximate surface area is 144 Å². The van der Waals surface area contributed by atoms with Crippen molar-refractivity contribution in [2.45, 2.75) is 12.8 Å². The zero-order valence-electron chi connectivity index (χ0n) is 13.3. The molecular formula is C19H15F2N3O. The van der Waals surface area contributed by atoms with Gasteiger partial charge >= 0.3 is 0 Å². The van der Waals surface area contributed by atoms with Gasteiger partial charge in [0.2, 0.25) is 0 Å². The molecule has 25 heavy (non-hydrogen) atoms. The molecule has 0 atom stereocenters. The lowest BCUT2D eigenvalue weighted by molar-refractivity contribution is -0.114. The minimum absolute atomic E-state index is 0.139. The van der Waals surface area contributed by atoms with Crippen molar-refractivity contribution in [3.63, 3.8) is 0 Å². The number of nitrogens with zero attached hydrogens (tertiary/aromatic N) is 2. The van der Waals surface area contributed by atoms with Crippen molar-refractivity contribution in [1.29, 1.82) is 5.26 Å². The molecule has 1 amide bonds. The van der Waals surface area contributed by atoms with Gasteiger partial charge in [-0.3, -0.25) is 4.79 Å². The molecule has 0 aliphatic carbocycles. The lowest BCUT2D eigenvalue weighted by atomic mass is 10.0. The number of rotatable bonds is 3. The maximum atomic E-state index is 13.6. The Morgan fingerprint density at radius 2 is 2.04 bits per heavy atom. The summed E-state index contributed by atoms with van der Waals surface area (Å²) < 4.78 is 26.8. The normalized spacial score (nSPS) is 13.8. The quantitative estimate of drug-likeness (QED) is 0.684. The monoisotopic (exact) mass is 339 g/mol. The van der Waals surface area contributed by atoms with Gasteiger partial charge in [-0.15, -0.1) is 0 Å². The van der Waals surface area contributed by atoms with Gasteiger partial charge in [0.15, 0.2) is 0 Å². The molecule has 0 aromatic heterocycles. The molecule has 1 heterocycles. The average Bonchev–Trinajstić information content (AvgIpc) is 2.64. The van der Waals surface area contributed by atoms with Crippen LogP contribution in [0.3, 0.4) is 0 Å². The minimum Gasteiger partial charge on any atom is -0.358 e. The van der Waals surface area contributed by atoms with Gasteiger partial charge in [0.1, 0.15) is 23.3 Å². The van der Waals surface area contributed by atoms with E-state index in [1.165, 1.54) is 4.90 Å². The Morgan fingerprint density at radius 1 is 1.24 bits per heavy atom. The van der Waals surface area contributed by atoms with E-state index >= 15 is 0 Å². The second-order valence-electron chi connectivity index (χ2n) is 5.63. The molecule has 0 fully saturated rings. The van der Waals surface area contributed by atoms with E-state index in [0.29, 0.717) is 6.54 Å². The molecule has 0 radical (unpaired) electrons. The van der Waals surface area contributed by atoms with Crippen molar-refractivity contribution in [2.75, 3.05) is 16.8 Å². The van der Waals surface area contributed by atoms with E-state index in [4.69, 9.17) is 0 Å². The van der Waals surface area contributed by atoms with Crippen LogP contribution >= 0.6 is 0 Å². The molecule has 1 aliphatic rings. The number of hydrogen-bond donors (Lipinski definition) is 1. The highest BCUT2D eigenvalue weighted by Gasteiger charge is 2.24. The van der Waals surface area contributed by atoms with E-state index in [-0.39, 0.29) is 11.3 Å². The summed E-state index contributed by atoms with van der Waals surface area (Å²) in [6, 6.07) is 12.3. The van der Waals surface area contributed by atoms with Crippen molar-refractivity contribution in [3.05, 3.63) is 71.4 Å². The topological polar surface area (TPSA) is 56.1 Å². The number of carbonyl (C=O) groups is 1. The van der Waals surface area contributed by atoms with Crippen LogP contribution in [0.25, 0.3) is 0 Å². The fourth-order valence-electron chi connectivity index (χ4n) is 2.79. The molecule has 0 saturated heterocycles. The van der Waals surface area contributed by atoms with Gasteiger partial charge in [-0.05, 0) is 36.6 Å². The fraction of sp³-hybridized carbons (Fsp3) is 0.158. The molecule has 3 rings (SSSR count). The van der Waals surface area contributed by atoms with Crippen LogP contribution in [0.1, 0.15) is 12.0 Å². The van der Waals surface area contributed by atoms with E-state index in [9.17, 15) is 18.8 Å². The summed E-state index contributed by atoms with van der Waals surface area (Å²) in [4.78, 5) is 14.2. The second kappa shape index (κ2) is 7.14. The minimum atomic E-state index is -0.675. The Balaban J connectivity index is 1.85. The summed E-state index contributed by atoms with van der Waals surface area (Å²) in [5, 5.41) is 11.8. The molecule has 0 saturated carbocycles. The number of aryl methyl sites for hydroxylation is 1. The van der Waals surface area contributed by atoms with Crippen molar-refractivity contribution in [3.8, 4) is 6.07 Å². The molecule has 6 heteroatoms. The highest BCUT2D eigenvalue weighted by molar-refractivity contribution is 6.09. The van der Waals surface area contributed by atoms with E-state index in [2.05, 4.69) is 5.32 Å². The van der Waals surface area contributed by atoms with E-state index in [0.717, 1.165) is 48.5 Å². The number of halogens is 2. The number of nitrogens with one attached hydrogen (secondary N) is 1. The SMILES string of the molecule is N#C/C(=C/Nc1cc(F)ccc1F)C(=O)N1CCCc2ccccc21. The smallest absolute Gasteiger partial charge is 0.270 e. The lowest BCUT2D eigenvalue weighted by Gasteiger charge is -2.29. The standard InChI is InChI=1S/C19H15F2N3O/c20-15-7-8-16(21)17(10-15)23-12-14(11-22)19(25)24-9-3-5-13-4-1-2-6-18(13)24/h1-2,4,6-8,10,12,23H,3,5,9H2/b14-12-. The zero-order chi connectivity index (χ0) is 17.8. The number of amides is 1. The third kappa shape index (κ3) is 3.50. The Hall–Kier alpha value is -3.20. The van der Waals surface area contributed by atoms with Crippen LogP contribution in [0.5, 0.6) is 0 Å².